The minimum atomic E-state index is -1.10. The van der Waals surface area contributed by atoms with E-state index in [1.807, 2.05) is 34.6 Å². The first-order chi connectivity index (χ1) is 15.3. The fourth-order valence-corrected chi connectivity index (χ4v) is 4.07. The highest BCUT2D eigenvalue weighted by Crippen LogP contribution is 2.27. The first kappa shape index (κ1) is 32.2. The molecule has 3 unspecified atom stereocenters. The highest BCUT2D eigenvalue weighted by Gasteiger charge is 2.34. The summed E-state index contributed by atoms with van der Waals surface area (Å²) in [6.07, 6.45) is -0.411. The van der Waals surface area contributed by atoms with Crippen LogP contribution in [-0.4, -0.2) is 68.8 Å². The van der Waals surface area contributed by atoms with Crippen LogP contribution in [0.1, 0.15) is 101 Å². The predicted molar refractivity (Wildman–Crippen MR) is 127 cm³/mol. The molecule has 0 rings (SSSR count). The normalized spacial score (nSPS) is 15.4. The Morgan fingerprint density at radius 1 is 0.618 bits per heavy atom. The maximum Gasteiger partial charge on any atom is 0.303 e. The average Bonchev–Trinajstić information content (AvgIpc) is 2.61. The Balaban J connectivity index is 4.75. The fourth-order valence-electron chi connectivity index (χ4n) is 4.07. The molecule has 0 amide bonds. The number of carbonyl (C=O) groups is 4. The lowest BCUT2D eigenvalue weighted by Crippen LogP contribution is -2.42. The number of hydrogen-bond acceptors (Lipinski definition) is 7. The van der Waals surface area contributed by atoms with Gasteiger partial charge >= 0.3 is 11.9 Å². The summed E-state index contributed by atoms with van der Waals surface area (Å²) < 4.78 is 18.0. The van der Waals surface area contributed by atoms with Crippen molar-refractivity contribution >= 4 is 23.5 Å². The minimum absolute atomic E-state index is 0.0822. The van der Waals surface area contributed by atoms with Crippen LogP contribution in [0.3, 0.4) is 0 Å². The Morgan fingerprint density at radius 2 is 0.971 bits per heavy atom. The molecule has 0 aromatic heterocycles. The zero-order valence-electron chi connectivity index (χ0n) is 22.2. The molecule has 9 nitrogen and oxygen atoms in total. The second-order valence-electron chi connectivity index (χ2n) is 10.6. The van der Waals surface area contributed by atoms with E-state index in [4.69, 9.17) is 24.4 Å². The van der Waals surface area contributed by atoms with Gasteiger partial charge in [-0.2, -0.15) is 0 Å². The van der Waals surface area contributed by atoms with Crippen LogP contribution in [0, 0.1) is 0 Å². The van der Waals surface area contributed by atoms with Crippen molar-refractivity contribution in [1.29, 1.82) is 0 Å². The van der Waals surface area contributed by atoms with Crippen LogP contribution < -0.4 is 0 Å². The van der Waals surface area contributed by atoms with Gasteiger partial charge in [-0.25, -0.2) is 0 Å². The van der Waals surface area contributed by atoms with E-state index < -0.39 is 28.7 Å². The van der Waals surface area contributed by atoms with Crippen molar-refractivity contribution in [2.45, 2.75) is 136 Å². The van der Waals surface area contributed by atoms with Crippen LogP contribution in [0.15, 0.2) is 0 Å². The third-order valence-corrected chi connectivity index (χ3v) is 5.43. The molecule has 34 heavy (non-hydrogen) atoms. The number of carboxylic acids is 2. The van der Waals surface area contributed by atoms with Gasteiger partial charge in [-0.3, -0.25) is 19.2 Å². The Hall–Kier alpha value is -1.84. The molecule has 0 heterocycles. The zero-order chi connectivity index (χ0) is 26.9. The Labute approximate surface area is 203 Å². The molecule has 0 bridgehead atoms. The highest BCUT2D eigenvalue weighted by atomic mass is 16.5. The second kappa shape index (κ2) is 13.3. The van der Waals surface area contributed by atoms with E-state index in [0.29, 0.717) is 12.8 Å². The van der Waals surface area contributed by atoms with Crippen molar-refractivity contribution in [2.75, 3.05) is 0 Å². The standard InChI is InChI=1S/C25H44O9/c1-16(14-17(2)33-24(6,7)19(26)10-12-21(28)29)32-23(4,5)15-18(3)34-25(8,9)20(27)11-13-22(30)31/h16-18H,10-15H2,1-9H3,(H,28,29)(H,30,31). The van der Waals surface area contributed by atoms with Crippen LogP contribution in [0.2, 0.25) is 0 Å². The quantitative estimate of drug-likeness (QED) is 0.291. The van der Waals surface area contributed by atoms with Gasteiger partial charge in [0.05, 0.1) is 36.8 Å². The van der Waals surface area contributed by atoms with Crippen molar-refractivity contribution in [3.8, 4) is 0 Å². The summed E-state index contributed by atoms with van der Waals surface area (Å²) in [5.74, 6) is -2.57. The molecule has 9 heteroatoms. The number of hydrogen-bond donors (Lipinski definition) is 2. The molecular weight excluding hydrogens is 444 g/mol. The Morgan fingerprint density at radius 3 is 1.35 bits per heavy atom. The number of ketones is 2. The molecule has 198 valence electrons. The number of Topliss-reactive ketones (excluding diaryl/α,β-unsaturated/α-hetero) is 2. The van der Waals surface area contributed by atoms with Gasteiger partial charge in [0.25, 0.3) is 0 Å². The van der Waals surface area contributed by atoms with Crippen LogP contribution in [-0.2, 0) is 33.4 Å². The summed E-state index contributed by atoms with van der Waals surface area (Å²) in [5, 5.41) is 17.6. The Bertz CT molecular complexity index is 709. The topological polar surface area (TPSA) is 136 Å². The lowest BCUT2D eigenvalue weighted by molar-refractivity contribution is -0.161. The summed E-state index contributed by atoms with van der Waals surface area (Å²) in [4.78, 5) is 46.1. The smallest absolute Gasteiger partial charge is 0.303 e. The summed E-state index contributed by atoms with van der Waals surface area (Å²) in [5.41, 5.74) is -2.77. The van der Waals surface area contributed by atoms with Gasteiger partial charge in [-0.1, -0.05) is 0 Å². The van der Waals surface area contributed by atoms with Gasteiger partial charge in [0.2, 0.25) is 0 Å². The van der Waals surface area contributed by atoms with E-state index in [2.05, 4.69) is 0 Å². The fraction of sp³-hybridized carbons (Fsp3) is 0.840. The molecule has 0 spiro atoms. The van der Waals surface area contributed by atoms with E-state index >= 15 is 0 Å². The van der Waals surface area contributed by atoms with E-state index in [0.717, 1.165) is 0 Å². The number of aliphatic carboxylic acids is 2. The van der Waals surface area contributed by atoms with Gasteiger partial charge in [-0.15, -0.1) is 0 Å². The van der Waals surface area contributed by atoms with E-state index in [9.17, 15) is 19.2 Å². The molecule has 2 N–H and O–H groups in total. The van der Waals surface area contributed by atoms with Crippen LogP contribution in [0.25, 0.3) is 0 Å². The zero-order valence-corrected chi connectivity index (χ0v) is 22.2. The van der Waals surface area contributed by atoms with Gasteiger partial charge in [0.15, 0.2) is 11.6 Å². The van der Waals surface area contributed by atoms with E-state index in [1.54, 1.807) is 27.7 Å². The first-order valence-electron chi connectivity index (χ1n) is 11.8. The molecule has 0 radical (unpaired) electrons. The lowest BCUT2D eigenvalue weighted by atomic mass is 9.96. The first-order valence-corrected chi connectivity index (χ1v) is 11.8. The van der Waals surface area contributed by atoms with Crippen LogP contribution >= 0.6 is 0 Å². The molecular formula is C25H44O9. The van der Waals surface area contributed by atoms with Gasteiger partial charge in [-0.05, 0) is 68.7 Å². The van der Waals surface area contributed by atoms with Crippen LogP contribution in [0.5, 0.6) is 0 Å². The van der Waals surface area contributed by atoms with E-state index in [1.165, 1.54) is 0 Å². The van der Waals surface area contributed by atoms with Crippen molar-refractivity contribution < 1.29 is 43.6 Å². The largest absolute Gasteiger partial charge is 0.481 e. The van der Waals surface area contributed by atoms with Crippen LogP contribution in [0.4, 0.5) is 0 Å². The predicted octanol–water partition coefficient (Wildman–Crippen LogP) is 4.19. The summed E-state index contributed by atoms with van der Waals surface area (Å²) in [6, 6.07) is 0. The minimum Gasteiger partial charge on any atom is -0.481 e. The molecule has 0 fully saturated rings. The summed E-state index contributed by atoms with van der Waals surface area (Å²) in [7, 11) is 0. The van der Waals surface area contributed by atoms with Crippen molar-refractivity contribution in [1.82, 2.24) is 0 Å². The van der Waals surface area contributed by atoms with Gasteiger partial charge < -0.3 is 24.4 Å². The van der Waals surface area contributed by atoms with Crippen molar-refractivity contribution in [3.05, 3.63) is 0 Å². The molecule has 0 aliphatic carbocycles. The maximum absolute atomic E-state index is 12.3. The molecule has 0 aliphatic heterocycles. The number of ether oxygens (including phenoxy) is 3. The SMILES string of the molecule is CC(CC(C)OC(C)(C)C(=O)CCC(=O)O)OC(C)(C)CC(C)OC(C)(C)C(=O)CCC(=O)O. The third-order valence-electron chi connectivity index (χ3n) is 5.43. The number of carboxylic acid groups (broad SMARTS) is 2. The number of carbonyl (C=O) groups excluding carboxylic acids is 2. The van der Waals surface area contributed by atoms with Crippen molar-refractivity contribution in [3.63, 3.8) is 0 Å². The number of rotatable bonds is 18. The molecule has 0 saturated heterocycles. The molecule has 0 aromatic carbocycles. The van der Waals surface area contributed by atoms with Gasteiger partial charge in [0.1, 0.15) is 11.2 Å². The summed E-state index contributed by atoms with van der Waals surface area (Å²) >= 11 is 0. The Kier molecular flexibility index (Phi) is 12.6. The summed E-state index contributed by atoms with van der Waals surface area (Å²) in [6.45, 7) is 16.0. The monoisotopic (exact) mass is 488 g/mol. The second-order valence-corrected chi connectivity index (χ2v) is 10.6. The maximum atomic E-state index is 12.3. The average molecular weight is 489 g/mol. The molecule has 0 aliphatic rings. The van der Waals surface area contributed by atoms with Gasteiger partial charge in [0, 0.05) is 19.3 Å². The lowest BCUT2D eigenvalue weighted by Gasteiger charge is -2.36. The molecule has 0 aromatic rings. The highest BCUT2D eigenvalue weighted by molar-refractivity contribution is 5.89. The molecule has 0 saturated carbocycles. The molecule has 3 atom stereocenters. The van der Waals surface area contributed by atoms with E-state index in [-0.39, 0.29) is 55.6 Å². The van der Waals surface area contributed by atoms with Crippen molar-refractivity contribution in [2.24, 2.45) is 0 Å². The third kappa shape index (κ3) is 13.2.